The fourth-order valence-electron chi connectivity index (χ4n) is 4.83. The van der Waals surface area contributed by atoms with Crippen LogP contribution < -0.4 is 19.3 Å². The Hall–Kier alpha value is -4.08. The molecular formula is C34H48N2O8. The van der Waals surface area contributed by atoms with Gasteiger partial charge in [-0.25, -0.2) is 0 Å². The predicted molar refractivity (Wildman–Crippen MR) is 170 cm³/mol. The van der Waals surface area contributed by atoms with Crippen molar-refractivity contribution in [3.63, 3.8) is 0 Å². The van der Waals surface area contributed by atoms with Gasteiger partial charge in [-0.05, 0) is 78.6 Å². The van der Waals surface area contributed by atoms with Crippen LogP contribution in [-0.2, 0) is 28.7 Å². The average Bonchev–Trinajstić information content (AvgIpc) is 3.00. The lowest BCUT2D eigenvalue weighted by atomic mass is 9.92. The summed E-state index contributed by atoms with van der Waals surface area (Å²) in [5.74, 6) is -0.194. The van der Waals surface area contributed by atoms with Crippen LogP contribution in [0.25, 0.3) is 0 Å². The van der Waals surface area contributed by atoms with Crippen molar-refractivity contribution in [2.24, 2.45) is 10.8 Å². The van der Waals surface area contributed by atoms with Gasteiger partial charge in [0.2, 0.25) is 11.8 Å². The summed E-state index contributed by atoms with van der Waals surface area (Å²) < 4.78 is 21.5. The van der Waals surface area contributed by atoms with Crippen LogP contribution >= 0.6 is 0 Å². The second kappa shape index (κ2) is 16.7. The Morgan fingerprint density at radius 3 is 1.27 bits per heavy atom. The third-order valence-corrected chi connectivity index (χ3v) is 7.13. The van der Waals surface area contributed by atoms with Crippen LogP contribution in [0.4, 0.5) is 11.4 Å². The van der Waals surface area contributed by atoms with Gasteiger partial charge in [0, 0.05) is 25.9 Å². The van der Waals surface area contributed by atoms with Crippen molar-refractivity contribution in [3.05, 3.63) is 48.5 Å². The summed E-state index contributed by atoms with van der Waals surface area (Å²) in [6.45, 7) is 11.6. The first kappa shape index (κ1) is 36.1. The molecule has 44 heavy (non-hydrogen) atoms. The summed E-state index contributed by atoms with van der Waals surface area (Å²) in [4.78, 5) is 55.4. The number of unbranched alkanes of at least 4 members (excludes halogenated alkanes) is 1. The number of rotatable bonds is 17. The second-order valence-corrected chi connectivity index (χ2v) is 11.7. The summed E-state index contributed by atoms with van der Waals surface area (Å²) in [7, 11) is 2.65. The zero-order chi connectivity index (χ0) is 32.9. The second-order valence-electron chi connectivity index (χ2n) is 11.7. The zero-order valence-electron chi connectivity index (χ0n) is 27.4. The van der Waals surface area contributed by atoms with Crippen LogP contribution in [0.5, 0.6) is 11.5 Å². The van der Waals surface area contributed by atoms with Crippen molar-refractivity contribution >= 4 is 35.1 Å². The van der Waals surface area contributed by atoms with Crippen molar-refractivity contribution in [1.29, 1.82) is 0 Å². The Bertz CT molecular complexity index is 1180. The number of carbonyl (C=O) groups is 4. The molecule has 0 aliphatic carbocycles. The van der Waals surface area contributed by atoms with E-state index in [0.29, 0.717) is 48.9 Å². The number of anilines is 2. The molecule has 0 bridgehead atoms. The quantitative estimate of drug-likeness (QED) is 0.163. The molecule has 0 fully saturated rings. The number of amides is 2. The number of benzene rings is 2. The first-order chi connectivity index (χ1) is 20.8. The standard InChI is InChI=1S/C34H48N2O8/c1-9-43-27-19-13-11-17-25(27)35(23-33(3,4)31(39)41-7)29(37)21-15-16-22-30(38)36(24-34(5,6)32(40)42-8)26-18-12-14-20-28(26)44-10-2/h11-14,17-20H,9-10,15-16,21-24H2,1-8H3. The van der Waals surface area contributed by atoms with Crippen LogP contribution in [0.1, 0.15) is 67.2 Å². The smallest absolute Gasteiger partial charge is 0.313 e. The van der Waals surface area contributed by atoms with Crippen LogP contribution in [0, 0.1) is 10.8 Å². The number of carbonyl (C=O) groups excluding carboxylic acids is 4. The summed E-state index contributed by atoms with van der Waals surface area (Å²) in [5.41, 5.74) is -0.811. The highest BCUT2D eigenvalue weighted by Gasteiger charge is 2.36. The molecule has 0 aromatic heterocycles. The van der Waals surface area contributed by atoms with Gasteiger partial charge in [0.1, 0.15) is 11.5 Å². The lowest BCUT2D eigenvalue weighted by Gasteiger charge is -2.32. The number of methoxy groups -OCH3 is 2. The molecule has 0 spiro atoms. The lowest BCUT2D eigenvalue weighted by Crippen LogP contribution is -2.43. The number of ether oxygens (including phenoxy) is 4. The molecule has 2 aromatic carbocycles. The van der Waals surface area contributed by atoms with Gasteiger partial charge in [-0.2, -0.15) is 0 Å². The molecule has 10 heteroatoms. The predicted octanol–water partition coefficient (Wildman–Crippen LogP) is 5.81. The molecule has 0 radical (unpaired) electrons. The fraction of sp³-hybridized carbons (Fsp3) is 0.529. The first-order valence-electron chi connectivity index (χ1n) is 15.0. The molecular weight excluding hydrogens is 564 g/mol. The van der Waals surface area contributed by atoms with E-state index in [0.717, 1.165) is 0 Å². The molecule has 2 rings (SSSR count). The minimum Gasteiger partial charge on any atom is -0.492 e. The molecule has 0 aliphatic rings. The van der Waals surface area contributed by atoms with E-state index in [1.807, 2.05) is 38.1 Å². The molecule has 2 amide bonds. The Morgan fingerprint density at radius 2 is 0.955 bits per heavy atom. The van der Waals surface area contributed by atoms with E-state index in [4.69, 9.17) is 18.9 Å². The van der Waals surface area contributed by atoms with Gasteiger partial charge in [-0.15, -0.1) is 0 Å². The normalized spacial score (nSPS) is 11.4. The van der Waals surface area contributed by atoms with Crippen molar-refractivity contribution < 1.29 is 38.1 Å². The van der Waals surface area contributed by atoms with E-state index in [1.54, 1.807) is 61.8 Å². The number of hydrogen-bond donors (Lipinski definition) is 0. The Balaban J connectivity index is 2.24. The monoisotopic (exact) mass is 612 g/mol. The van der Waals surface area contributed by atoms with Crippen LogP contribution in [0.15, 0.2) is 48.5 Å². The van der Waals surface area contributed by atoms with Crippen molar-refractivity contribution in [2.45, 2.75) is 67.2 Å². The summed E-state index contributed by atoms with van der Waals surface area (Å²) in [6, 6.07) is 14.4. The van der Waals surface area contributed by atoms with Crippen LogP contribution in [-0.4, -0.2) is 64.3 Å². The molecule has 0 heterocycles. The van der Waals surface area contributed by atoms with Crippen molar-refractivity contribution in [2.75, 3.05) is 50.3 Å². The summed E-state index contributed by atoms with van der Waals surface area (Å²) in [6.07, 6.45) is 1.15. The third kappa shape index (κ3) is 9.72. The molecule has 0 atom stereocenters. The molecule has 0 saturated carbocycles. The third-order valence-electron chi connectivity index (χ3n) is 7.13. The maximum atomic E-state index is 13.7. The Labute approximate surface area is 261 Å². The highest BCUT2D eigenvalue weighted by atomic mass is 16.5. The van der Waals surface area contributed by atoms with E-state index in [1.165, 1.54) is 14.2 Å². The SMILES string of the molecule is CCOc1ccccc1N(CC(C)(C)C(=O)OC)C(=O)CCCCC(=O)N(CC(C)(C)C(=O)OC)c1ccccc1OCC. The number of hydrogen-bond acceptors (Lipinski definition) is 8. The van der Waals surface area contributed by atoms with E-state index >= 15 is 0 Å². The van der Waals surface area contributed by atoms with Gasteiger partial charge >= 0.3 is 11.9 Å². The largest absolute Gasteiger partial charge is 0.492 e. The number of nitrogens with zero attached hydrogens (tertiary/aromatic N) is 2. The van der Waals surface area contributed by atoms with Gasteiger partial charge < -0.3 is 28.7 Å². The molecule has 0 unspecified atom stereocenters. The first-order valence-corrected chi connectivity index (χ1v) is 15.0. The highest BCUT2D eigenvalue weighted by Crippen LogP contribution is 2.34. The van der Waals surface area contributed by atoms with Crippen LogP contribution in [0.2, 0.25) is 0 Å². The average molecular weight is 613 g/mol. The highest BCUT2D eigenvalue weighted by molar-refractivity contribution is 5.97. The van der Waals surface area contributed by atoms with Gasteiger partial charge in [0.15, 0.2) is 0 Å². The van der Waals surface area contributed by atoms with Crippen LogP contribution in [0.3, 0.4) is 0 Å². The maximum absolute atomic E-state index is 13.7. The zero-order valence-corrected chi connectivity index (χ0v) is 27.4. The topological polar surface area (TPSA) is 112 Å². The summed E-state index contributed by atoms with van der Waals surface area (Å²) in [5, 5.41) is 0. The molecule has 242 valence electrons. The lowest BCUT2D eigenvalue weighted by molar-refractivity contribution is -0.151. The van der Waals surface area contributed by atoms with E-state index in [-0.39, 0.29) is 37.7 Å². The van der Waals surface area contributed by atoms with Crippen molar-refractivity contribution in [3.8, 4) is 11.5 Å². The fourth-order valence-corrected chi connectivity index (χ4v) is 4.83. The molecule has 10 nitrogen and oxygen atoms in total. The molecule has 0 aliphatic heterocycles. The number of para-hydroxylation sites is 4. The minimum atomic E-state index is -0.972. The minimum absolute atomic E-state index is 0.0894. The van der Waals surface area contributed by atoms with Gasteiger partial charge in [0.05, 0.1) is 49.6 Å². The van der Waals surface area contributed by atoms with Gasteiger partial charge in [-0.3, -0.25) is 19.2 Å². The van der Waals surface area contributed by atoms with Gasteiger partial charge in [0.25, 0.3) is 0 Å². The summed E-state index contributed by atoms with van der Waals surface area (Å²) >= 11 is 0. The molecule has 0 saturated heterocycles. The Morgan fingerprint density at radius 1 is 0.614 bits per heavy atom. The van der Waals surface area contributed by atoms with E-state index in [2.05, 4.69) is 0 Å². The molecule has 0 N–H and O–H groups in total. The Kier molecular flexibility index (Phi) is 13.7. The van der Waals surface area contributed by atoms with E-state index in [9.17, 15) is 19.2 Å². The number of esters is 2. The van der Waals surface area contributed by atoms with E-state index < -0.39 is 22.8 Å². The molecule has 2 aromatic rings. The van der Waals surface area contributed by atoms with Crippen molar-refractivity contribution in [1.82, 2.24) is 0 Å². The maximum Gasteiger partial charge on any atom is 0.313 e. The van der Waals surface area contributed by atoms with Gasteiger partial charge in [-0.1, -0.05) is 24.3 Å².